The molecule has 3 fully saturated rings. The van der Waals surface area contributed by atoms with E-state index in [0.717, 1.165) is 19.4 Å². The summed E-state index contributed by atoms with van der Waals surface area (Å²) in [6.07, 6.45) is 3.41. The molecule has 19 heavy (non-hydrogen) atoms. The van der Waals surface area contributed by atoms with Gasteiger partial charge in [-0.2, -0.15) is 23.1 Å². The number of hydrogen-bond donors (Lipinski definition) is 1. The average Bonchev–Trinajstić information content (AvgIpc) is 2.86. The Labute approximate surface area is 121 Å². The summed E-state index contributed by atoms with van der Waals surface area (Å²) >= 11 is 3.74. The van der Waals surface area contributed by atoms with E-state index in [1.165, 1.54) is 23.5 Å². The first-order valence-corrected chi connectivity index (χ1v) is 9.07. The maximum Gasteiger partial charge on any atom is 0.244 e. The Morgan fingerprint density at radius 2 is 2.37 bits per heavy atom. The van der Waals surface area contributed by atoms with E-state index in [9.17, 15) is 4.79 Å². The molecule has 1 spiro atoms. The number of nitrogens with one attached hydrogen (secondary N) is 1. The lowest BCUT2D eigenvalue weighted by molar-refractivity contribution is -0.131. The predicted molar refractivity (Wildman–Crippen MR) is 79.3 cm³/mol. The molecule has 0 radical (unpaired) electrons. The van der Waals surface area contributed by atoms with Gasteiger partial charge < -0.3 is 4.90 Å². The van der Waals surface area contributed by atoms with Crippen LogP contribution in [0.4, 0.5) is 0 Å². The fourth-order valence-electron chi connectivity index (χ4n) is 3.16. The van der Waals surface area contributed by atoms with Gasteiger partial charge in [-0.3, -0.25) is 10.1 Å². The smallest absolute Gasteiger partial charge is 0.244 e. The third-order valence-electron chi connectivity index (χ3n) is 4.48. The summed E-state index contributed by atoms with van der Waals surface area (Å²) in [5, 5.41) is 7.86. The molecule has 1 N–H and O–H groups in total. The maximum absolute atomic E-state index is 12.6. The maximum atomic E-state index is 12.6. The Kier molecular flexibility index (Phi) is 2.90. The third kappa shape index (κ3) is 2.03. The molecule has 1 amide bonds. The van der Waals surface area contributed by atoms with Crippen molar-refractivity contribution in [3.8, 4) is 0 Å². The molecule has 2 saturated heterocycles. The predicted octanol–water partition coefficient (Wildman–Crippen LogP) is 2.46. The van der Waals surface area contributed by atoms with Gasteiger partial charge >= 0.3 is 0 Å². The van der Waals surface area contributed by atoms with Crippen LogP contribution in [0.1, 0.15) is 31.0 Å². The molecule has 5 heteroatoms. The first-order valence-electron chi connectivity index (χ1n) is 6.97. The fourth-order valence-corrected chi connectivity index (χ4v) is 5.12. The van der Waals surface area contributed by atoms with Crippen molar-refractivity contribution in [3.63, 3.8) is 0 Å². The molecule has 1 aromatic rings. The van der Waals surface area contributed by atoms with Gasteiger partial charge in [-0.15, -0.1) is 0 Å². The molecular weight excluding hydrogens is 276 g/mol. The number of carbonyl (C=O) groups excluding carboxylic acids is 1. The van der Waals surface area contributed by atoms with Crippen molar-refractivity contribution in [3.05, 3.63) is 22.4 Å². The molecule has 1 saturated carbocycles. The minimum Gasteiger partial charge on any atom is -0.321 e. The highest BCUT2D eigenvalue weighted by Crippen LogP contribution is 2.46. The van der Waals surface area contributed by atoms with Crippen molar-refractivity contribution in [1.29, 1.82) is 0 Å². The van der Waals surface area contributed by atoms with Crippen LogP contribution in [0, 0.1) is 5.92 Å². The lowest BCUT2D eigenvalue weighted by Crippen LogP contribution is -2.35. The fraction of sp³-hybridized carbons (Fsp3) is 0.643. The van der Waals surface area contributed by atoms with Gasteiger partial charge in [-0.1, -0.05) is 0 Å². The number of nitrogens with zero attached hydrogens (tertiary/aromatic N) is 1. The van der Waals surface area contributed by atoms with E-state index >= 15 is 0 Å². The molecule has 1 aromatic heterocycles. The van der Waals surface area contributed by atoms with Gasteiger partial charge in [0, 0.05) is 6.54 Å². The van der Waals surface area contributed by atoms with E-state index in [-0.39, 0.29) is 11.7 Å². The van der Waals surface area contributed by atoms with Crippen LogP contribution in [0.3, 0.4) is 0 Å². The van der Waals surface area contributed by atoms with Crippen LogP contribution in [0.5, 0.6) is 0 Å². The summed E-state index contributed by atoms with van der Waals surface area (Å²) in [4.78, 5) is 14.8. The Bertz CT molecular complexity index is 478. The average molecular weight is 294 g/mol. The summed E-state index contributed by atoms with van der Waals surface area (Å²) in [7, 11) is 0. The van der Waals surface area contributed by atoms with Gasteiger partial charge in [0.25, 0.3) is 0 Å². The summed E-state index contributed by atoms with van der Waals surface area (Å²) in [5.74, 6) is 3.51. The van der Waals surface area contributed by atoms with Crippen LogP contribution in [-0.4, -0.2) is 34.4 Å². The lowest BCUT2D eigenvalue weighted by atomic mass is 10.1. The molecule has 2 unspecified atom stereocenters. The molecule has 2 aliphatic heterocycles. The van der Waals surface area contributed by atoms with E-state index in [4.69, 9.17) is 0 Å². The highest BCUT2D eigenvalue weighted by molar-refractivity contribution is 7.99. The summed E-state index contributed by atoms with van der Waals surface area (Å²) in [6.45, 7) is 0.932. The number of hydrogen-bond acceptors (Lipinski definition) is 4. The zero-order valence-electron chi connectivity index (χ0n) is 10.8. The van der Waals surface area contributed by atoms with Crippen LogP contribution in [0.15, 0.2) is 16.8 Å². The number of amides is 1. The second-order valence-corrected chi connectivity index (χ2v) is 7.80. The van der Waals surface area contributed by atoms with Crippen LogP contribution in [-0.2, 0) is 4.79 Å². The highest BCUT2D eigenvalue weighted by atomic mass is 32.2. The number of thiophene rings is 1. The molecule has 0 aromatic carbocycles. The van der Waals surface area contributed by atoms with E-state index in [1.807, 2.05) is 11.8 Å². The highest BCUT2D eigenvalue weighted by Gasteiger charge is 2.59. The van der Waals surface area contributed by atoms with Crippen molar-refractivity contribution >= 4 is 29.0 Å². The molecule has 3 nitrogen and oxygen atoms in total. The first-order chi connectivity index (χ1) is 9.28. The number of carbonyl (C=O) groups is 1. The van der Waals surface area contributed by atoms with Gasteiger partial charge in [0.15, 0.2) is 0 Å². The zero-order chi connectivity index (χ0) is 12.9. The topological polar surface area (TPSA) is 32.3 Å². The van der Waals surface area contributed by atoms with Gasteiger partial charge in [-0.05, 0) is 59.1 Å². The molecule has 3 aliphatic rings. The van der Waals surface area contributed by atoms with Crippen LogP contribution in [0.25, 0.3) is 0 Å². The molecular formula is C14H18N2OS2. The lowest BCUT2D eigenvalue weighted by Gasteiger charge is -2.26. The van der Waals surface area contributed by atoms with Crippen molar-refractivity contribution in [1.82, 2.24) is 10.2 Å². The second-order valence-electron chi connectivity index (χ2n) is 5.87. The Morgan fingerprint density at radius 3 is 3.00 bits per heavy atom. The second kappa shape index (κ2) is 4.50. The normalized spacial score (nSPS) is 32.4. The van der Waals surface area contributed by atoms with Crippen molar-refractivity contribution in [2.24, 2.45) is 5.92 Å². The van der Waals surface area contributed by atoms with Crippen LogP contribution in [0.2, 0.25) is 0 Å². The van der Waals surface area contributed by atoms with Crippen molar-refractivity contribution in [2.75, 3.05) is 18.1 Å². The third-order valence-corrected chi connectivity index (χ3v) is 6.42. The molecule has 102 valence electrons. The standard InChI is InChI=1S/C14H18N2OS2/c17-13-14(3-4-14)15-12(11-2-6-19-9-11)16(13)7-10-1-5-18-8-10/h2,6,9-10,12,15H,1,3-5,7-8H2. The van der Waals surface area contributed by atoms with Crippen molar-refractivity contribution in [2.45, 2.75) is 31.0 Å². The molecule has 1 aliphatic carbocycles. The minimum absolute atomic E-state index is 0.117. The number of rotatable bonds is 3. The molecule has 3 heterocycles. The summed E-state index contributed by atoms with van der Waals surface area (Å²) < 4.78 is 0. The van der Waals surface area contributed by atoms with Crippen molar-refractivity contribution < 1.29 is 4.79 Å². The zero-order valence-corrected chi connectivity index (χ0v) is 12.4. The summed E-state index contributed by atoms with van der Waals surface area (Å²) in [5.41, 5.74) is 1.06. The SMILES string of the molecule is O=C1N(CC2CCSC2)C(c2ccsc2)NC12CC2. The Morgan fingerprint density at radius 1 is 1.47 bits per heavy atom. The van der Waals surface area contributed by atoms with Crippen LogP contribution >= 0.6 is 23.1 Å². The first kappa shape index (κ1) is 12.2. The van der Waals surface area contributed by atoms with Gasteiger partial charge in [0.2, 0.25) is 5.91 Å². The Balaban J connectivity index is 1.58. The monoisotopic (exact) mass is 294 g/mol. The van der Waals surface area contributed by atoms with E-state index < -0.39 is 0 Å². The van der Waals surface area contributed by atoms with E-state index in [1.54, 1.807) is 11.3 Å². The Hall–Kier alpha value is -0.520. The molecule has 2 atom stereocenters. The number of thioether (sulfide) groups is 1. The minimum atomic E-state index is -0.196. The van der Waals surface area contributed by atoms with Gasteiger partial charge in [-0.25, -0.2) is 0 Å². The quantitative estimate of drug-likeness (QED) is 0.929. The molecule has 0 bridgehead atoms. The van der Waals surface area contributed by atoms with Crippen LogP contribution < -0.4 is 5.32 Å². The van der Waals surface area contributed by atoms with E-state index in [0.29, 0.717) is 11.8 Å². The summed E-state index contributed by atoms with van der Waals surface area (Å²) in [6, 6.07) is 2.15. The van der Waals surface area contributed by atoms with E-state index in [2.05, 4.69) is 27.0 Å². The van der Waals surface area contributed by atoms with Gasteiger partial charge in [0.05, 0.1) is 0 Å². The molecule has 4 rings (SSSR count). The largest absolute Gasteiger partial charge is 0.321 e. The van der Waals surface area contributed by atoms with Gasteiger partial charge in [0.1, 0.15) is 11.7 Å².